The fraction of sp³-hybridized carbons (Fsp3) is 0. The van der Waals surface area contributed by atoms with Crippen LogP contribution in [-0.2, 0) is 0 Å². The molecule has 1 aliphatic heterocycles. The third-order valence-corrected chi connectivity index (χ3v) is 4.42. The quantitative estimate of drug-likeness (QED) is 0.679. The van der Waals surface area contributed by atoms with Crippen LogP contribution in [0.3, 0.4) is 0 Å². The number of rotatable bonds is 3. The van der Waals surface area contributed by atoms with E-state index >= 15 is 0 Å². The van der Waals surface area contributed by atoms with Gasteiger partial charge in [0.05, 0.1) is 21.8 Å². The summed E-state index contributed by atoms with van der Waals surface area (Å²) < 4.78 is 6.87. The normalized spacial score (nSPS) is 12.6. The molecule has 0 aliphatic carbocycles. The van der Waals surface area contributed by atoms with Gasteiger partial charge >= 0.3 is 0 Å². The summed E-state index contributed by atoms with van der Waals surface area (Å²) in [4.78, 5) is 36.0. The fourth-order valence-corrected chi connectivity index (χ4v) is 3.04. The maximum atomic E-state index is 12.4. The van der Waals surface area contributed by atoms with E-state index in [4.69, 9.17) is 22.1 Å². The van der Waals surface area contributed by atoms with Crippen molar-refractivity contribution in [2.45, 2.75) is 0 Å². The molecule has 8 heteroatoms. The predicted octanol–water partition coefficient (Wildman–Crippen LogP) is 2.75. The molecule has 2 aromatic carbocycles. The first kappa shape index (κ1) is 16.9. The predicted molar refractivity (Wildman–Crippen MR) is 99.8 cm³/mol. The maximum absolute atomic E-state index is 12.4. The first-order valence-corrected chi connectivity index (χ1v) is 8.27. The molecule has 7 nitrogen and oxygen atoms in total. The van der Waals surface area contributed by atoms with Crippen molar-refractivity contribution in [1.82, 2.24) is 9.88 Å². The van der Waals surface area contributed by atoms with E-state index in [2.05, 4.69) is 5.32 Å². The van der Waals surface area contributed by atoms with Crippen LogP contribution in [0.15, 0.2) is 59.4 Å². The monoisotopic (exact) mass is 381 g/mol. The number of imide groups is 1. The number of anilines is 1. The van der Waals surface area contributed by atoms with E-state index in [1.807, 2.05) is 0 Å². The average Bonchev–Trinajstić information content (AvgIpc) is 2.92. The Morgan fingerprint density at radius 2 is 1.67 bits per heavy atom. The Hall–Kier alpha value is -3.58. The van der Waals surface area contributed by atoms with Gasteiger partial charge in [-0.1, -0.05) is 23.7 Å². The molecule has 0 bridgehead atoms. The fourth-order valence-electron chi connectivity index (χ4n) is 2.86. The van der Waals surface area contributed by atoms with E-state index in [1.54, 1.807) is 48.5 Å². The van der Waals surface area contributed by atoms with Gasteiger partial charge in [-0.25, -0.2) is 0 Å². The number of pyridine rings is 1. The Bertz CT molecular complexity index is 1150. The van der Waals surface area contributed by atoms with Gasteiger partial charge in [-0.05, 0) is 36.4 Å². The number of hydrogen-bond donors (Lipinski definition) is 2. The third kappa shape index (κ3) is 2.84. The second-order valence-electron chi connectivity index (χ2n) is 5.80. The van der Waals surface area contributed by atoms with Gasteiger partial charge in [0.2, 0.25) is 0 Å². The Kier molecular flexibility index (Phi) is 3.93. The first-order valence-electron chi connectivity index (χ1n) is 7.90. The zero-order valence-electron chi connectivity index (χ0n) is 13.7. The molecule has 1 aliphatic rings. The van der Waals surface area contributed by atoms with Gasteiger partial charge in [0, 0.05) is 6.07 Å². The van der Waals surface area contributed by atoms with Crippen molar-refractivity contribution in [2.24, 2.45) is 0 Å². The van der Waals surface area contributed by atoms with Gasteiger partial charge in [-0.2, -0.15) is 0 Å². The van der Waals surface area contributed by atoms with Crippen LogP contribution in [0.5, 0.6) is 11.5 Å². The lowest BCUT2D eigenvalue weighted by molar-refractivity contribution is 0.0880. The molecular weight excluding hydrogens is 370 g/mol. The third-order valence-electron chi connectivity index (χ3n) is 4.11. The summed E-state index contributed by atoms with van der Waals surface area (Å²) in [5.41, 5.74) is 5.89. The summed E-state index contributed by atoms with van der Waals surface area (Å²) in [5.74, 6) is -0.348. The van der Waals surface area contributed by atoms with Crippen molar-refractivity contribution in [2.75, 3.05) is 5.73 Å². The van der Waals surface area contributed by atoms with Crippen molar-refractivity contribution < 1.29 is 14.3 Å². The summed E-state index contributed by atoms with van der Waals surface area (Å²) in [6.45, 7) is 0. The zero-order valence-corrected chi connectivity index (χ0v) is 14.5. The highest BCUT2D eigenvalue weighted by Crippen LogP contribution is 2.30. The molecule has 0 atom stereocenters. The van der Waals surface area contributed by atoms with Crippen molar-refractivity contribution in [1.29, 1.82) is 0 Å². The molecule has 0 saturated heterocycles. The molecule has 3 N–H and O–H groups in total. The smallest absolute Gasteiger partial charge is 0.262 e. The van der Waals surface area contributed by atoms with Crippen LogP contribution in [-0.4, -0.2) is 16.4 Å². The number of benzene rings is 2. The van der Waals surface area contributed by atoms with Crippen LogP contribution < -0.4 is 21.3 Å². The molecule has 1 aromatic heterocycles. The molecule has 27 heavy (non-hydrogen) atoms. The Labute approximate surface area is 157 Å². The van der Waals surface area contributed by atoms with E-state index in [0.717, 1.165) is 10.6 Å². The van der Waals surface area contributed by atoms with Gasteiger partial charge < -0.3 is 10.5 Å². The highest BCUT2D eigenvalue weighted by molar-refractivity contribution is 6.32. The molecule has 0 saturated carbocycles. The van der Waals surface area contributed by atoms with Crippen LogP contribution >= 0.6 is 11.6 Å². The van der Waals surface area contributed by atoms with Gasteiger partial charge in [0.25, 0.3) is 17.4 Å². The van der Waals surface area contributed by atoms with Crippen LogP contribution in [0.2, 0.25) is 5.02 Å². The van der Waals surface area contributed by atoms with Crippen molar-refractivity contribution in [3.8, 4) is 17.2 Å². The van der Waals surface area contributed by atoms with E-state index < -0.39 is 17.4 Å². The molecule has 2 amide bonds. The van der Waals surface area contributed by atoms with Gasteiger partial charge in [0.15, 0.2) is 0 Å². The summed E-state index contributed by atoms with van der Waals surface area (Å²) in [7, 11) is 0. The molecule has 3 aromatic rings. The van der Waals surface area contributed by atoms with E-state index in [9.17, 15) is 14.4 Å². The number of hydrogen-bond acceptors (Lipinski definition) is 5. The van der Waals surface area contributed by atoms with E-state index in [1.165, 1.54) is 0 Å². The number of halogens is 1. The summed E-state index contributed by atoms with van der Waals surface area (Å²) in [5, 5.41) is 2.60. The number of ether oxygens (including phenoxy) is 1. The molecule has 0 spiro atoms. The SMILES string of the molecule is Nc1c2c(cc(=O)n1-c1ccc(Oc3ccccc3Cl)cc1)C(=O)NC2=O. The van der Waals surface area contributed by atoms with Crippen molar-refractivity contribution in [3.05, 3.63) is 81.1 Å². The second kappa shape index (κ2) is 6.30. The van der Waals surface area contributed by atoms with Gasteiger partial charge in [-0.15, -0.1) is 0 Å². The topological polar surface area (TPSA) is 103 Å². The second-order valence-corrected chi connectivity index (χ2v) is 6.21. The number of nitrogens with one attached hydrogen (secondary N) is 1. The number of fused-ring (bicyclic) bond motifs is 1. The largest absolute Gasteiger partial charge is 0.456 e. The number of carbonyl (C=O) groups is 2. The van der Waals surface area contributed by atoms with Gasteiger partial charge in [0.1, 0.15) is 17.3 Å². The molecule has 0 unspecified atom stereocenters. The highest BCUT2D eigenvalue weighted by Gasteiger charge is 2.31. The van der Waals surface area contributed by atoms with Gasteiger partial charge in [-0.3, -0.25) is 24.3 Å². The standard InChI is InChI=1S/C19H12ClN3O4/c20-13-3-1-2-4-14(13)27-11-7-5-10(6-8-11)23-15(24)9-12-16(17(23)21)19(26)22-18(12)25/h1-9H,21H2,(H,22,25,26). The van der Waals surface area contributed by atoms with E-state index in [0.29, 0.717) is 22.2 Å². The van der Waals surface area contributed by atoms with Crippen LogP contribution in [0.25, 0.3) is 5.69 Å². The minimum Gasteiger partial charge on any atom is -0.456 e. The lowest BCUT2D eigenvalue weighted by Gasteiger charge is -2.13. The molecule has 0 fully saturated rings. The average molecular weight is 382 g/mol. The van der Waals surface area contributed by atoms with Crippen molar-refractivity contribution in [3.63, 3.8) is 0 Å². The Balaban J connectivity index is 1.72. The number of aromatic nitrogens is 1. The molecule has 4 rings (SSSR count). The molecule has 134 valence electrons. The number of carbonyl (C=O) groups excluding carboxylic acids is 2. The van der Waals surface area contributed by atoms with Crippen molar-refractivity contribution >= 4 is 29.2 Å². The summed E-state index contributed by atoms with van der Waals surface area (Å²) in [6.07, 6.45) is 0. The molecule has 0 radical (unpaired) electrons. The highest BCUT2D eigenvalue weighted by atomic mass is 35.5. The summed E-state index contributed by atoms with van der Waals surface area (Å²) >= 11 is 6.07. The molecule has 2 heterocycles. The maximum Gasteiger partial charge on any atom is 0.262 e. The number of para-hydroxylation sites is 1. The summed E-state index contributed by atoms with van der Waals surface area (Å²) in [6, 6.07) is 14.6. The number of nitrogens with zero attached hydrogens (tertiary/aromatic N) is 1. The van der Waals surface area contributed by atoms with Crippen LogP contribution in [0.4, 0.5) is 5.82 Å². The van der Waals surface area contributed by atoms with Crippen LogP contribution in [0, 0.1) is 0 Å². The zero-order chi connectivity index (χ0) is 19.1. The lowest BCUT2D eigenvalue weighted by atomic mass is 10.1. The molecular formula is C19H12ClN3O4. The number of nitrogens with two attached hydrogens (primary N) is 1. The Morgan fingerprint density at radius 3 is 2.37 bits per heavy atom. The number of amides is 2. The number of nitrogen functional groups attached to an aromatic ring is 1. The minimum absolute atomic E-state index is 0.00371. The minimum atomic E-state index is -0.630. The first-order chi connectivity index (χ1) is 13.0. The van der Waals surface area contributed by atoms with E-state index in [-0.39, 0.29) is 16.9 Å². The Morgan fingerprint density at radius 1 is 0.963 bits per heavy atom. The van der Waals surface area contributed by atoms with Crippen LogP contribution in [0.1, 0.15) is 20.7 Å². The lowest BCUT2D eigenvalue weighted by Crippen LogP contribution is -2.24.